The standard InChI is InChI=1S/C16H19F3N4O2/c1-9(16(17,18)19)15-11-8-20-13(21-10(2)24)7-12(11)23(22-15)14-5-3-4-6-25-14/h7-9,14H,3-6H2,1-2H3,(H,20,21,24). The zero-order chi connectivity index (χ0) is 18.2. The van der Waals surface area contributed by atoms with Crippen LogP contribution in [0.5, 0.6) is 0 Å². The third kappa shape index (κ3) is 3.60. The number of hydrogen-bond donors (Lipinski definition) is 1. The summed E-state index contributed by atoms with van der Waals surface area (Å²) in [6.07, 6.45) is -0.993. The molecule has 1 fully saturated rings. The van der Waals surface area contributed by atoms with Crippen LogP contribution in [0.4, 0.5) is 19.0 Å². The quantitative estimate of drug-likeness (QED) is 0.909. The van der Waals surface area contributed by atoms with Gasteiger partial charge in [-0.05, 0) is 26.2 Å². The van der Waals surface area contributed by atoms with Gasteiger partial charge < -0.3 is 10.1 Å². The average molecular weight is 356 g/mol. The number of alkyl halides is 3. The third-order valence-electron chi connectivity index (χ3n) is 4.25. The van der Waals surface area contributed by atoms with E-state index in [-0.39, 0.29) is 17.4 Å². The molecule has 2 atom stereocenters. The number of nitrogens with zero attached hydrogens (tertiary/aromatic N) is 3. The molecular formula is C16H19F3N4O2. The molecule has 2 aromatic heterocycles. The predicted molar refractivity (Wildman–Crippen MR) is 85.1 cm³/mol. The van der Waals surface area contributed by atoms with E-state index in [9.17, 15) is 18.0 Å². The van der Waals surface area contributed by atoms with Crippen LogP contribution in [-0.4, -0.2) is 33.5 Å². The fourth-order valence-electron chi connectivity index (χ4n) is 2.92. The Morgan fingerprint density at radius 3 is 2.80 bits per heavy atom. The van der Waals surface area contributed by atoms with Crippen LogP contribution in [0, 0.1) is 0 Å². The highest BCUT2D eigenvalue weighted by atomic mass is 19.4. The molecule has 0 bridgehead atoms. The van der Waals surface area contributed by atoms with Crippen LogP contribution in [0.2, 0.25) is 0 Å². The number of fused-ring (bicyclic) bond motifs is 1. The van der Waals surface area contributed by atoms with Gasteiger partial charge in [-0.25, -0.2) is 9.67 Å². The van der Waals surface area contributed by atoms with Gasteiger partial charge in [-0.15, -0.1) is 0 Å². The highest BCUT2D eigenvalue weighted by Gasteiger charge is 2.40. The molecule has 25 heavy (non-hydrogen) atoms. The molecular weight excluding hydrogens is 337 g/mol. The lowest BCUT2D eigenvalue weighted by molar-refractivity contribution is -0.147. The van der Waals surface area contributed by atoms with Crippen molar-refractivity contribution in [3.63, 3.8) is 0 Å². The Bertz CT molecular complexity index is 782. The summed E-state index contributed by atoms with van der Waals surface area (Å²) in [5.41, 5.74) is 0.385. The maximum atomic E-state index is 13.2. The average Bonchev–Trinajstić information content (AvgIpc) is 2.92. The van der Waals surface area contributed by atoms with Gasteiger partial charge in [0, 0.05) is 31.2 Å². The first kappa shape index (κ1) is 17.7. The van der Waals surface area contributed by atoms with Gasteiger partial charge in [0.2, 0.25) is 5.91 Å². The zero-order valence-corrected chi connectivity index (χ0v) is 13.9. The van der Waals surface area contributed by atoms with Crippen molar-refractivity contribution >= 4 is 22.6 Å². The summed E-state index contributed by atoms with van der Waals surface area (Å²) in [6.45, 7) is 2.96. The van der Waals surface area contributed by atoms with Crippen LogP contribution >= 0.6 is 0 Å². The first-order chi connectivity index (χ1) is 11.8. The second kappa shape index (κ2) is 6.62. The molecule has 1 saturated heterocycles. The monoisotopic (exact) mass is 356 g/mol. The minimum Gasteiger partial charge on any atom is -0.356 e. The smallest absolute Gasteiger partial charge is 0.356 e. The number of rotatable bonds is 3. The van der Waals surface area contributed by atoms with Crippen LogP contribution in [-0.2, 0) is 9.53 Å². The molecule has 0 radical (unpaired) electrons. The topological polar surface area (TPSA) is 69.0 Å². The Hall–Kier alpha value is -2.16. The number of carbonyl (C=O) groups excluding carboxylic acids is 1. The van der Waals surface area contributed by atoms with Gasteiger partial charge in [0.25, 0.3) is 0 Å². The molecule has 2 aromatic rings. The summed E-state index contributed by atoms with van der Waals surface area (Å²) in [5, 5.41) is 7.07. The SMILES string of the molecule is CC(=O)Nc1cc2c(cn1)c(C(C)C(F)(F)F)nn2C1CCCCO1. The molecule has 0 aromatic carbocycles. The van der Waals surface area contributed by atoms with Crippen LogP contribution in [0.1, 0.15) is 50.9 Å². The molecule has 9 heteroatoms. The molecule has 1 aliphatic rings. The Labute approximate surface area is 142 Å². The van der Waals surface area contributed by atoms with Gasteiger partial charge in [0.05, 0.1) is 17.1 Å². The fraction of sp³-hybridized carbons (Fsp3) is 0.562. The Kier molecular flexibility index (Phi) is 4.68. The molecule has 1 amide bonds. The van der Waals surface area contributed by atoms with Gasteiger partial charge in [-0.1, -0.05) is 0 Å². The minimum atomic E-state index is -4.41. The van der Waals surface area contributed by atoms with Crippen molar-refractivity contribution in [2.75, 3.05) is 11.9 Å². The molecule has 2 unspecified atom stereocenters. The highest BCUT2D eigenvalue weighted by Crippen LogP contribution is 2.38. The Balaban J connectivity index is 2.12. The Morgan fingerprint density at radius 2 is 2.20 bits per heavy atom. The first-order valence-electron chi connectivity index (χ1n) is 8.11. The molecule has 136 valence electrons. The summed E-state index contributed by atoms with van der Waals surface area (Å²) in [4.78, 5) is 15.3. The number of halogens is 3. The van der Waals surface area contributed by atoms with Crippen LogP contribution in [0.3, 0.4) is 0 Å². The van der Waals surface area contributed by atoms with E-state index in [1.54, 1.807) is 0 Å². The minimum absolute atomic E-state index is 0.0847. The van der Waals surface area contributed by atoms with Crippen molar-refractivity contribution < 1.29 is 22.7 Å². The number of anilines is 1. The number of nitrogens with one attached hydrogen (secondary N) is 1. The summed E-state index contributed by atoms with van der Waals surface area (Å²) >= 11 is 0. The summed E-state index contributed by atoms with van der Waals surface area (Å²) in [5.74, 6) is -1.77. The number of carbonyl (C=O) groups is 1. The number of aromatic nitrogens is 3. The van der Waals surface area contributed by atoms with E-state index in [4.69, 9.17) is 4.74 Å². The van der Waals surface area contributed by atoms with Crippen molar-refractivity contribution in [1.29, 1.82) is 0 Å². The van der Waals surface area contributed by atoms with Crippen molar-refractivity contribution in [2.24, 2.45) is 0 Å². The molecule has 3 rings (SSSR count). The van der Waals surface area contributed by atoms with Crippen molar-refractivity contribution in [2.45, 2.75) is 51.4 Å². The largest absolute Gasteiger partial charge is 0.397 e. The van der Waals surface area contributed by atoms with E-state index in [0.29, 0.717) is 23.9 Å². The molecule has 0 saturated carbocycles. The van der Waals surface area contributed by atoms with Crippen molar-refractivity contribution in [1.82, 2.24) is 14.8 Å². The normalized spacial score (nSPS) is 19.8. The zero-order valence-electron chi connectivity index (χ0n) is 13.9. The van der Waals surface area contributed by atoms with Gasteiger partial charge in [-0.3, -0.25) is 4.79 Å². The number of ether oxygens (including phenoxy) is 1. The predicted octanol–water partition coefficient (Wildman–Crippen LogP) is 3.75. The van der Waals surface area contributed by atoms with Gasteiger partial charge >= 0.3 is 6.18 Å². The number of pyridine rings is 1. The lowest BCUT2D eigenvalue weighted by Crippen LogP contribution is -2.21. The summed E-state index contributed by atoms with van der Waals surface area (Å²) in [6, 6.07) is 1.54. The van der Waals surface area contributed by atoms with Crippen molar-refractivity contribution in [3.8, 4) is 0 Å². The second-order valence-corrected chi connectivity index (χ2v) is 6.18. The van der Waals surface area contributed by atoms with E-state index >= 15 is 0 Å². The van der Waals surface area contributed by atoms with E-state index in [2.05, 4.69) is 15.4 Å². The lowest BCUT2D eigenvalue weighted by Gasteiger charge is -2.23. The van der Waals surface area contributed by atoms with E-state index in [1.165, 1.54) is 23.9 Å². The fourth-order valence-corrected chi connectivity index (χ4v) is 2.92. The van der Waals surface area contributed by atoms with Crippen molar-refractivity contribution in [3.05, 3.63) is 18.0 Å². The molecule has 1 aliphatic heterocycles. The molecule has 1 N–H and O–H groups in total. The van der Waals surface area contributed by atoms with Gasteiger partial charge in [0.1, 0.15) is 5.82 Å². The second-order valence-electron chi connectivity index (χ2n) is 6.18. The lowest BCUT2D eigenvalue weighted by atomic mass is 10.0. The number of amides is 1. The van der Waals surface area contributed by atoms with Crippen LogP contribution in [0.25, 0.3) is 10.9 Å². The number of hydrogen-bond acceptors (Lipinski definition) is 4. The van der Waals surface area contributed by atoms with Gasteiger partial charge in [0.15, 0.2) is 6.23 Å². The maximum absolute atomic E-state index is 13.2. The summed E-state index contributed by atoms with van der Waals surface area (Å²) < 4.78 is 46.8. The maximum Gasteiger partial charge on any atom is 0.397 e. The molecule has 3 heterocycles. The highest BCUT2D eigenvalue weighted by molar-refractivity contribution is 5.91. The molecule has 0 aliphatic carbocycles. The van der Waals surface area contributed by atoms with E-state index in [1.807, 2.05) is 0 Å². The Morgan fingerprint density at radius 1 is 1.44 bits per heavy atom. The van der Waals surface area contributed by atoms with E-state index < -0.39 is 18.3 Å². The molecule has 0 spiro atoms. The summed E-state index contributed by atoms with van der Waals surface area (Å²) in [7, 11) is 0. The van der Waals surface area contributed by atoms with Gasteiger partial charge in [-0.2, -0.15) is 18.3 Å². The third-order valence-corrected chi connectivity index (χ3v) is 4.25. The van der Waals surface area contributed by atoms with E-state index in [0.717, 1.165) is 19.8 Å². The van der Waals surface area contributed by atoms with Crippen LogP contribution < -0.4 is 5.32 Å². The van der Waals surface area contributed by atoms with Crippen LogP contribution in [0.15, 0.2) is 12.3 Å². The first-order valence-corrected chi connectivity index (χ1v) is 8.11. The molecule has 6 nitrogen and oxygen atoms in total.